The maximum Gasteiger partial charge on any atom is 0.314 e. The molecule has 0 bridgehead atoms. The summed E-state index contributed by atoms with van der Waals surface area (Å²) < 4.78 is 89.0. The molecule has 0 saturated carbocycles. The summed E-state index contributed by atoms with van der Waals surface area (Å²) in [5.41, 5.74) is 11.1. The zero-order valence-electron chi connectivity index (χ0n) is 51.1. The molecule has 2 atom stereocenters. The number of nitrogens with two attached hydrogens (primary N) is 1. The highest BCUT2D eigenvalue weighted by Crippen LogP contribution is 2.40. The van der Waals surface area contributed by atoms with Crippen molar-refractivity contribution in [3.8, 4) is 0 Å². The Morgan fingerprint density at radius 1 is 0.511 bits per heavy atom. The van der Waals surface area contributed by atoms with E-state index in [1.54, 1.807) is 48.5 Å². The molecule has 24 nitrogen and oxygen atoms in total. The predicted molar refractivity (Wildman–Crippen MR) is 349 cm³/mol. The van der Waals surface area contributed by atoms with Crippen LogP contribution < -0.4 is 42.4 Å². The minimum Gasteiger partial charge on any atom is -0.379 e. The Labute approximate surface area is 549 Å². The lowest BCUT2D eigenvalue weighted by Crippen LogP contribution is -2.47. The maximum absolute atomic E-state index is 13.4. The van der Waals surface area contributed by atoms with Crippen LogP contribution in [0.2, 0.25) is 20.1 Å². The number of hydrogen-bond acceptors (Lipinski definition) is 17. The number of sulfonamides is 1. The highest BCUT2D eigenvalue weighted by atomic mass is 35.5. The van der Waals surface area contributed by atoms with Crippen molar-refractivity contribution in [2.75, 3.05) is 184 Å². The normalized spacial score (nSPS) is 15.3. The number of urea groups is 3. The number of hydrogen-bond donors (Lipinski definition) is 8. The van der Waals surface area contributed by atoms with E-state index in [0.717, 1.165) is 33.4 Å². The SMILES string of the molecule is CN1Cc2c(Cl)cc(Cl)cc2[C@H](c2cccc(S(=O)(=O)CCCOCCOCCNC(=O)NCCN(CCNC(=O)NCCOCCOCCN)CCNC(=O)NCCOCCOCCNS(=O)(=O)c3cccc([C@@H]4CN(C)Cc5c(Cl)cc(Cl)cc54)c3)c2)C1. The lowest BCUT2D eigenvalue weighted by atomic mass is 9.85. The van der Waals surface area contributed by atoms with Gasteiger partial charge in [0.25, 0.3) is 0 Å². The van der Waals surface area contributed by atoms with E-state index >= 15 is 0 Å². The van der Waals surface area contributed by atoms with Gasteiger partial charge in [-0.1, -0.05) is 70.7 Å². The van der Waals surface area contributed by atoms with Crippen LogP contribution in [0.3, 0.4) is 0 Å². The summed E-state index contributed by atoms with van der Waals surface area (Å²) in [6, 6.07) is 20.0. The number of benzene rings is 4. The average Bonchev–Trinajstić information content (AvgIpc) is 0.828. The Kier molecular flexibility index (Phi) is 32.8. The van der Waals surface area contributed by atoms with Crippen molar-refractivity contribution < 1.29 is 59.6 Å². The maximum atomic E-state index is 13.4. The van der Waals surface area contributed by atoms with Gasteiger partial charge in [-0.15, -0.1) is 0 Å². The molecule has 0 saturated heterocycles. The molecule has 2 aliphatic heterocycles. The van der Waals surface area contributed by atoms with Crippen molar-refractivity contribution >= 4 is 84.4 Å². The molecule has 4 aromatic rings. The molecule has 30 heteroatoms. The Morgan fingerprint density at radius 2 is 0.900 bits per heavy atom. The standard InChI is InChI=1S/C60H87Cl4N11O13S2/c1-73-40-52(50-36-46(61)38-56(63)54(50)42-73)44-6-3-8-48(34-44)89(79,80)33-5-21-83-27-29-85-23-14-69-58(76)66-11-18-75(19-12-67-59(77)70-15-24-86-30-28-84-22-10-65)20-13-68-60(78)71-16-25-87-31-32-88-26-17-72-90(81,82)49-9-4-7-45(35-49)53-41-74(2)43-55-51(53)37-47(62)39-57(55)64/h3-4,6-9,34-39,52-53,72H,5,10-33,40-43,65H2,1-2H3,(H2,66,69,76)(H2,67,70,77)(H2,68,71,78)/t52-,53-/m0/s1. The molecule has 2 heterocycles. The second kappa shape index (κ2) is 39.8. The topological polar surface area (TPSA) is 295 Å². The fourth-order valence-corrected chi connectivity index (χ4v) is 13.7. The third-order valence-electron chi connectivity index (χ3n) is 14.5. The molecule has 0 unspecified atom stereocenters. The van der Waals surface area contributed by atoms with E-state index in [1.165, 1.54) is 0 Å². The Bertz CT molecular complexity index is 2940. The molecule has 0 radical (unpaired) electrons. The van der Waals surface area contributed by atoms with Crippen LogP contribution in [-0.4, -0.2) is 234 Å². The number of likely N-dealkylation sites (N-methyl/N-ethyl adjacent to an activating group) is 2. The van der Waals surface area contributed by atoms with Crippen LogP contribution in [0.15, 0.2) is 82.6 Å². The van der Waals surface area contributed by atoms with Crippen molar-refractivity contribution in [3.05, 3.63) is 126 Å². The third kappa shape index (κ3) is 26.0. The summed E-state index contributed by atoms with van der Waals surface area (Å²) in [6.45, 7) is 9.19. The Morgan fingerprint density at radius 3 is 1.34 bits per heavy atom. The molecule has 0 spiro atoms. The highest BCUT2D eigenvalue weighted by molar-refractivity contribution is 7.91. The first-order chi connectivity index (χ1) is 43.3. The average molecular weight is 1380 g/mol. The minimum absolute atomic E-state index is 0.0494. The van der Waals surface area contributed by atoms with Gasteiger partial charge in [-0.25, -0.2) is 35.9 Å². The van der Waals surface area contributed by atoms with Gasteiger partial charge in [0.2, 0.25) is 10.0 Å². The van der Waals surface area contributed by atoms with Crippen LogP contribution in [0.4, 0.5) is 14.4 Å². The second-order valence-corrected chi connectivity index (χ2v) is 27.0. The predicted octanol–water partition coefficient (Wildman–Crippen LogP) is 4.86. The van der Waals surface area contributed by atoms with Crippen molar-refractivity contribution in [2.45, 2.75) is 41.1 Å². The number of sulfone groups is 1. The number of ether oxygens (including phenoxy) is 6. The largest absolute Gasteiger partial charge is 0.379 e. The zero-order chi connectivity index (χ0) is 64.7. The number of nitrogens with zero attached hydrogens (tertiary/aromatic N) is 3. The van der Waals surface area contributed by atoms with Crippen molar-refractivity contribution in [1.82, 2.24) is 51.3 Å². The zero-order valence-corrected chi connectivity index (χ0v) is 55.8. The summed E-state index contributed by atoms with van der Waals surface area (Å²) in [5.74, 6) is -0.288. The second-order valence-electron chi connectivity index (χ2n) is 21.5. The Hall–Kier alpha value is -4.69. The molecule has 2 aliphatic rings. The van der Waals surface area contributed by atoms with E-state index in [4.69, 9.17) is 80.6 Å². The fraction of sp³-hybridized carbons (Fsp3) is 0.550. The van der Waals surface area contributed by atoms with Crippen LogP contribution in [0.1, 0.15) is 51.6 Å². The van der Waals surface area contributed by atoms with Gasteiger partial charge in [0.1, 0.15) is 0 Å². The minimum atomic E-state index is -3.84. The fourth-order valence-electron chi connectivity index (χ4n) is 10.1. The van der Waals surface area contributed by atoms with Crippen molar-refractivity contribution in [1.29, 1.82) is 0 Å². The Balaban J connectivity index is 0.806. The highest BCUT2D eigenvalue weighted by Gasteiger charge is 2.30. The molecule has 0 aliphatic carbocycles. The monoisotopic (exact) mass is 1370 g/mol. The molecule has 0 fully saturated rings. The van der Waals surface area contributed by atoms with Gasteiger partial charge in [-0.05, 0) is 102 Å². The number of amides is 6. The van der Waals surface area contributed by atoms with E-state index < -0.39 is 31.9 Å². The summed E-state index contributed by atoms with van der Waals surface area (Å²) in [6.07, 6.45) is 0.298. The lowest BCUT2D eigenvalue weighted by molar-refractivity contribution is 0.0498. The van der Waals surface area contributed by atoms with Crippen molar-refractivity contribution in [3.63, 3.8) is 0 Å². The summed E-state index contributed by atoms with van der Waals surface area (Å²) >= 11 is 25.8. The number of rotatable bonds is 41. The van der Waals surface area contributed by atoms with E-state index in [2.05, 4.69) is 46.4 Å². The third-order valence-corrected chi connectivity index (χ3v) is 18.9. The molecule has 4 aromatic carbocycles. The van der Waals surface area contributed by atoms with Gasteiger partial charge in [0.05, 0.1) is 88.2 Å². The first kappa shape index (κ1) is 74.4. The van der Waals surface area contributed by atoms with Crippen molar-refractivity contribution in [2.24, 2.45) is 5.73 Å². The summed E-state index contributed by atoms with van der Waals surface area (Å²) in [7, 11) is -3.42. The molecule has 6 amide bonds. The molecule has 0 aromatic heterocycles. The van der Waals surface area contributed by atoms with Gasteiger partial charge in [-0.3, -0.25) is 4.90 Å². The van der Waals surface area contributed by atoms with E-state index in [9.17, 15) is 31.2 Å². The number of carbonyl (C=O) groups is 3. The number of nitrogens with one attached hydrogen (secondary N) is 7. The van der Waals surface area contributed by atoms with Gasteiger partial charge < -0.3 is 75.9 Å². The van der Waals surface area contributed by atoms with Gasteiger partial charge in [-0.2, -0.15) is 0 Å². The van der Waals surface area contributed by atoms with Gasteiger partial charge in [0, 0.05) is 137 Å². The molecular formula is C60H87Cl4N11O13S2. The van der Waals surface area contributed by atoms with E-state index in [-0.39, 0.29) is 126 Å². The number of halogens is 4. The van der Waals surface area contributed by atoms with Crippen LogP contribution in [0.25, 0.3) is 0 Å². The first-order valence-electron chi connectivity index (χ1n) is 30.0. The molecule has 9 N–H and O–H groups in total. The van der Waals surface area contributed by atoms with E-state index in [1.807, 2.05) is 43.3 Å². The molecule has 6 rings (SSSR count). The summed E-state index contributed by atoms with van der Waals surface area (Å²) in [4.78, 5) is 44.4. The quantitative estimate of drug-likeness (QED) is 0.0276. The number of carbonyl (C=O) groups excluding carboxylic acids is 3. The smallest absolute Gasteiger partial charge is 0.314 e. The van der Waals surface area contributed by atoms with Crippen LogP contribution in [-0.2, 0) is 61.4 Å². The summed E-state index contributed by atoms with van der Waals surface area (Å²) in [5, 5.41) is 18.9. The van der Waals surface area contributed by atoms with Crippen LogP contribution >= 0.6 is 46.4 Å². The lowest BCUT2D eigenvalue weighted by Gasteiger charge is -2.33. The van der Waals surface area contributed by atoms with Gasteiger partial charge in [0.15, 0.2) is 9.84 Å². The first-order valence-corrected chi connectivity index (χ1v) is 34.7. The molecular weight excluding hydrogens is 1290 g/mol. The van der Waals surface area contributed by atoms with Gasteiger partial charge >= 0.3 is 18.1 Å². The number of fused-ring (bicyclic) bond motifs is 2. The molecule has 500 valence electrons. The van der Waals surface area contributed by atoms with E-state index in [0.29, 0.717) is 112 Å². The molecule has 90 heavy (non-hydrogen) atoms. The van der Waals surface area contributed by atoms with Crippen LogP contribution in [0, 0.1) is 0 Å². The van der Waals surface area contributed by atoms with Crippen LogP contribution in [0.5, 0.6) is 0 Å².